The zero-order valence-corrected chi connectivity index (χ0v) is 19.8. The van der Waals surface area contributed by atoms with E-state index in [-0.39, 0.29) is 30.2 Å². The average molecular weight is 525 g/mol. The van der Waals surface area contributed by atoms with Crippen LogP contribution in [0.25, 0.3) is 5.65 Å². The normalized spacial score (nSPS) is 12.9. The van der Waals surface area contributed by atoms with Gasteiger partial charge in [-0.3, -0.25) is 9.20 Å². The van der Waals surface area contributed by atoms with E-state index in [1.807, 2.05) is 0 Å². The Morgan fingerprint density at radius 2 is 1.97 bits per heavy atom. The summed E-state index contributed by atoms with van der Waals surface area (Å²) < 4.78 is 35.7. The number of hydrogen-bond donors (Lipinski definition) is 3. The van der Waals surface area contributed by atoms with Gasteiger partial charge in [0.2, 0.25) is 0 Å². The molecule has 2 aromatic heterocycles. The Labute approximate surface area is 197 Å². The van der Waals surface area contributed by atoms with Gasteiger partial charge in [0.15, 0.2) is 11.4 Å². The van der Waals surface area contributed by atoms with Gasteiger partial charge in [0.25, 0.3) is 5.91 Å². The second kappa shape index (κ2) is 9.74. The fraction of sp³-hybridized carbons (Fsp3) is 0.318. The molecule has 0 saturated heterocycles. The van der Waals surface area contributed by atoms with Gasteiger partial charge in [-0.15, -0.1) is 0 Å². The Bertz CT molecular complexity index is 1200. The van der Waals surface area contributed by atoms with Crippen molar-refractivity contribution in [1.29, 1.82) is 0 Å². The van der Waals surface area contributed by atoms with E-state index in [2.05, 4.69) is 31.5 Å². The first-order valence-electron chi connectivity index (χ1n) is 10.1. The predicted molar refractivity (Wildman–Crippen MR) is 121 cm³/mol. The van der Waals surface area contributed by atoms with Gasteiger partial charge in [0.1, 0.15) is 23.9 Å². The van der Waals surface area contributed by atoms with Crippen molar-refractivity contribution in [2.45, 2.75) is 39.3 Å². The number of amides is 2. The van der Waals surface area contributed by atoms with E-state index >= 15 is 0 Å². The van der Waals surface area contributed by atoms with Crippen molar-refractivity contribution in [1.82, 2.24) is 20.0 Å². The molecule has 1 atom stereocenters. The predicted octanol–water partition coefficient (Wildman–Crippen LogP) is 4.43. The van der Waals surface area contributed by atoms with E-state index in [0.29, 0.717) is 22.2 Å². The van der Waals surface area contributed by atoms with Crippen LogP contribution < -0.4 is 15.4 Å². The monoisotopic (exact) mass is 524 g/mol. The second-order valence-electron chi connectivity index (χ2n) is 7.78. The number of carboxylic acid groups (broad SMARTS) is 1. The third-order valence-electron chi connectivity index (χ3n) is 5.30. The lowest BCUT2D eigenvalue weighted by Crippen LogP contribution is -2.52. The first kappa shape index (κ1) is 24.4. The Hall–Kier alpha value is -3.21. The van der Waals surface area contributed by atoms with E-state index < -0.39 is 29.2 Å². The van der Waals surface area contributed by atoms with Crippen LogP contribution in [0.3, 0.4) is 0 Å². The largest absolute Gasteiger partial charge is 0.485 e. The van der Waals surface area contributed by atoms with Gasteiger partial charge >= 0.3 is 6.09 Å². The van der Waals surface area contributed by atoms with Crippen molar-refractivity contribution in [3.8, 4) is 5.75 Å². The molecule has 11 heteroatoms. The van der Waals surface area contributed by atoms with Crippen LogP contribution in [-0.4, -0.2) is 38.6 Å². The third kappa shape index (κ3) is 5.41. The molecular weight excluding hydrogens is 502 g/mol. The highest BCUT2D eigenvalue weighted by molar-refractivity contribution is 9.10. The fourth-order valence-corrected chi connectivity index (χ4v) is 3.68. The molecule has 3 rings (SSSR count). The highest BCUT2D eigenvalue weighted by Crippen LogP contribution is 2.28. The van der Waals surface area contributed by atoms with E-state index in [1.165, 1.54) is 10.5 Å². The molecule has 0 aliphatic heterocycles. The lowest BCUT2D eigenvalue weighted by Gasteiger charge is -2.28. The first-order valence-corrected chi connectivity index (χ1v) is 10.9. The van der Waals surface area contributed by atoms with Gasteiger partial charge in [-0.2, -0.15) is 0 Å². The molecule has 0 radical (unpaired) electrons. The summed E-state index contributed by atoms with van der Waals surface area (Å²) in [4.78, 5) is 28.4. The van der Waals surface area contributed by atoms with Crippen LogP contribution in [0.2, 0.25) is 0 Å². The van der Waals surface area contributed by atoms with Gasteiger partial charge in [-0.1, -0.05) is 13.0 Å². The Kier molecular flexibility index (Phi) is 7.21. The number of halogens is 3. The van der Waals surface area contributed by atoms with Gasteiger partial charge in [0.05, 0.1) is 16.8 Å². The molecule has 33 heavy (non-hydrogen) atoms. The Morgan fingerprint density at radius 1 is 1.30 bits per heavy atom. The second-order valence-corrected chi connectivity index (χ2v) is 8.69. The first-order chi connectivity index (χ1) is 15.5. The number of hydrogen-bond acceptors (Lipinski definition) is 4. The van der Waals surface area contributed by atoms with E-state index in [4.69, 9.17) is 9.84 Å². The summed E-state index contributed by atoms with van der Waals surface area (Å²) in [5.74, 6) is -1.69. The zero-order chi connectivity index (χ0) is 24.3. The molecule has 1 unspecified atom stereocenters. The average Bonchev–Trinajstić information content (AvgIpc) is 3.07. The summed E-state index contributed by atoms with van der Waals surface area (Å²) in [6.07, 6.45) is 0.897. The summed E-state index contributed by atoms with van der Waals surface area (Å²) in [6, 6.07) is 5.14. The summed E-state index contributed by atoms with van der Waals surface area (Å²) in [5.41, 5.74) is -0.158. The van der Waals surface area contributed by atoms with Crippen molar-refractivity contribution in [2.24, 2.45) is 0 Å². The molecule has 2 amide bonds. The molecule has 2 heterocycles. The van der Waals surface area contributed by atoms with E-state index in [9.17, 15) is 18.4 Å². The molecule has 8 nitrogen and oxygen atoms in total. The minimum absolute atomic E-state index is 0.0607. The number of aryl methyl sites for hydroxylation is 1. The number of carbonyl (C=O) groups is 2. The van der Waals surface area contributed by atoms with Crippen molar-refractivity contribution < 1.29 is 28.2 Å². The van der Waals surface area contributed by atoms with Crippen LogP contribution in [0.5, 0.6) is 5.75 Å². The zero-order valence-electron chi connectivity index (χ0n) is 18.2. The number of ether oxygens (including phenoxy) is 1. The molecule has 3 N–H and O–H groups in total. The highest BCUT2D eigenvalue weighted by atomic mass is 79.9. The van der Waals surface area contributed by atoms with Gasteiger partial charge in [-0.25, -0.2) is 18.6 Å². The number of imidazole rings is 1. The number of nitrogens with one attached hydrogen (secondary N) is 2. The van der Waals surface area contributed by atoms with Crippen LogP contribution >= 0.6 is 15.9 Å². The number of benzene rings is 1. The van der Waals surface area contributed by atoms with Crippen molar-refractivity contribution in [3.05, 3.63) is 63.5 Å². The van der Waals surface area contributed by atoms with E-state index in [0.717, 1.165) is 12.1 Å². The molecular formula is C22H23BrF2N4O4. The minimum Gasteiger partial charge on any atom is -0.485 e. The standard InChI is InChI=1S/C22H23BrF2N4O4/c1-4-22(3,28-21(31)32)11-26-20(30)18-12(2)27-19-17(8-13(23)9-29(18)19)33-10-14-15(24)6-5-7-16(14)25/h5-9,28H,4,10-11H2,1-3H3,(H,26,30)(H,31,32). The number of nitrogens with zero attached hydrogens (tertiary/aromatic N) is 2. The molecule has 0 aliphatic rings. The van der Waals surface area contributed by atoms with Crippen LogP contribution in [0.15, 0.2) is 34.9 Å². The van der Waals surface area contributed by atoms with Crippen molar-refractivity contribution in [2.75, 3.05) is 6.54 Å². The number of rotatable bonds is 8. The van der Waals surface area contributed by atoms with Crippen molar-refractivity contribution in [3.63, 3.8) is 0 Å². The molecule has 0 aliphatic carbocycles. The molecule has 1 aromatic carbocycles. The number of aromatic nitrogens is 2. The van der Waals surface area contributed by atoms with Crippen molar-refractivity contribution >= 4 is 33.6 Å². The summed E-state index contributed by atoms with van der Waals surface area (Å²) in [6.45, 7) is 4.83. The number of fused-ring (bicyclic) bond motifs is 1. The van der Waals surface area contributed by atoms with E-state index in [1.54, 1.807) is 33.0 Å². The van der Waals surface area contributed by atoms with Gasteiger partial charge in [0, 0.05) is 17.2 Å². The van der Waals surface area contributed by atoms with Crippen LogP contribution in [0.1, 0.15) is 42.0 Å². The summed E-state index contributed by atoms with van der Waals surface area (Å²) in [5, 5.41) is 14.2. The molecule has 0 fully saturated rings. The third-order valence-corrected chi connectivity index (χ3v) is 5.74. The summed E-state index contributed by atoms with van der Waals surface area (Å²) >= 11 is 3.36. The minimum atomic E-state index is -1.18. The maximum atomic E-state index is 14.0. The number of carbonyl (C=O) groups excluding carboxylic acids is 1. The lowest BCUT2D eigenvalue weighted by molar-refractivity contribution is 0.0930. The lowest BCUT2D eigenvalue weighted by atomic mass is 9.99. The maximum absolute atomic E-state index is 14.0. The van der Waals surface area contributed by atoms with Crippen LogP contribution in [0.4, 0.5) is 13.6 Å². The molecule has 0 spiro atoms. The maximum Gasteiger partial charge on any atom is 0.405 e. The topological polar surface area (TPSA) is 105 Å². The number of pyridine rings is 1. The Balaban J connectivity index is 1.89. The molecule has 176 valence electrons. The van der Waals surface area contributed by atoms with Gasteiger partial charge in [-0.05, 0) is 54.4 Å². The SMILES string of the molecule is CCC(C)(CNC(=O)c1c(C)nc2c(OCc3c(F)cccc3F)cc(Br)cn12)NC(=O)O. The molecule has 0 bridgehead atoms. The van der Waals surface area contributed by atoms with Crippen LogP contribution in [0, 0.1) is 18.6 Å². The van der Waals surface area contributed by atoms with Crippen LogP contribution in [-0.2, 0) is 6.61 Å². The smallest absolute Gasteiger partial charge is 0.405 e. The highest BCUT2D eigenvalue weighted by Gasteiger charge is 2.27. The summed E-state index contributed by atoms with van der Waals surface area (Å²) in [7, 11) is 0. The molecule has 3 aromatic rings. The Morgan fingerprint density at radius 3 is 2.58 bits per heavy atom. The fourth-order valence-electron chi connectivity index (χ4n) is 3.27. The quantitative estimate of drug-likeness (QED) is 0.404. The van der Waals surface area contributed by atoms with Gasteiger partial charge < -0.3 is 20.5 Å². The molecule has 0 saturated carbocycles.